The molecule has 0 spiro atoms. The van der Waals surface area contributed by atoms with E-state index >= 15 is 0 Å². The lowest BCUT2D eigenvalue weighted by Crippen LogP contribution is -2.19. The van der Waals surface area contributed by atoms with E-state index in [1.54, 1.807) is 18.5 Å². The van der Waals surface area contributed by atoms with Crippen molar-refractivity contribution in [2.75, 3.05) is 7.05 Å². The number of halogens is 2. The lowest BCUT2D eigenvalue weighted by atomic mass is 10.0. The molecular formula is C13H15ClFN3. The summed E-state index contributed by atoms with van der Waals surface area (Å²) in [6, 6.07) is 4.88. The standard InChI is InChI=1S/C13H15ClFN3/c1-16-12(13-7-18(2)8-17-13)6-9-3-4-11(15)10(14)5-9/h3-5,7-8,12,16H,6H2,1-2H3. The maximum atomic E-state index is 13.1. The Kier molecular flexibility index (Phi) is 3.99. The van der Waals surface area contributed by atoms with Gasteiger partial charge in [-0.1, -0.05) is 17.7 Å². The van der Waals surface area contributed by atoms with Gasteiger partial charge in [0.15, 0.2) is 0 Å². The molecule has 0 aliphatic carbocycles. The van der Waals surface area contributed by atoms with Crippen molar-refractivity contribution in [3.63, 3.8) is 0 Å². The van der Waals surface area contributed by atoms with Crippen LogP contribution in [0.15, 0.2) is 30.7 Å². The monoisotopic (exact) mass is 267 g/mol. The molecule has 1 heterocycles. The van der Waals surface area contributed by atoms with Gasteiger partial charge in [-0.05, 0) is 31.2 Å². The molecule has 1 unspecified atom stereocenters. The SMILES string of the molecule is CNC(Cc1ccc(F)c(Cl)c1)c1cn(C)cn1. The summed E-state index contributed by atoms with van der Waals surface area (Å²) in [6.45, 7) is 0. The number of rotatable bonds is 4. The minimum atomic E-state index is -0.390. The predicted octanol–water partition coefficient (Wildman–Crippen LogP) is 2.72. The first-order valence-electron chi connectivity index (χ1n) is 5.69. The van der Waals surface area contributed by atoms with Crippen molar-refractivity contribution in [1.82, 2.24) is 14.9 Å². The Hall–Kier alpha value is -1.39. The van der Waals surface area contributed by atoms with Gasteiger partial charge in [-0.15, -0.1) is 0 Å². The predicted molar refractivity (Wildman–Crippen MR) is 70.1 cm³/mol. The van der Waals surface area contributed by atoms with Crippen LogP contribution < -0.4 is 5.32 Å². The molecule has 0 bridgehead atoms. The van der Waals surface area contributed by atoms with Gasteiger partial charge < -0.3 is 9.88 Å². The highest BCUT2D eigenvalue weighted by Gasteiger charge is 2.13. The molecule has 0 fully saturated rings. The second-order valence-corrected chi connectivity index (χ2v) is 4.67. The number of nitrogens with zero attached hydrogens (tertiary/aromatic N) is 2. The largest absolute Gasteiger partial charge is 0.340 e. The summed E-state index contributed by atoms with van der Waals surface area (Å²) < 4.78 is 15.0. The highest BCUT2D eigenvalue weighted by Crippen LogP contribution is 2.21. The Balaban J connectivity index is 2.17. The molecule has 96 valence electrons. The lowest BCUT2D eigenvalue weighted by molar-refractivity contribution is 0.576. The van der Waals surface area contributed by atoms with Gasteiger partial charge in [0.25, 0.3) is 0 Å². The summed E-state index contributed by atoms with van der Waals surface area (Å²) in [5.41, 5.74) is 1.94. The van der Waals surface area contributed by atoms with Gasteiger partial charge in [-0.25, -0.2) is 9.37 Å². The number of aromatic nitrogens is 2. The number of hydrogen-bond donors (Lipinski definition) is 1. The van der Waals surface area contributed by atoms with Crippen LogP contribution in [0.3, 0.4) is 0 Å². The molecule has 0 aliphatic rings. The van der Waals surface area contributed by atoms with Gasteiger partial charge in [0.2, 0.25) is 0 Å². The van der Waals surface area contributed by atoms with Gasteiger partial charge >= 0.3 is 0 Å². The van der Waals surface area contributed by atoms with E-state index in [1.807, 2.05) is 24.9 Å². The van der Waals surface area contributed by atoms with E-state index in [9.17, 15) is 4.39 Å². The van der Waals surface area contributed by atoms with E-state index in [1.165, 1.54) is 6.07 Å². The number of benzene rings is 1. The zero-order valence-electron chi connectivity index (χ0n) is 10.3. The molecule has 18 heavy (non-hydrogen) atoms. The van der Waals surface area contributed by atoms with Crippen LogP contribution in [0.25, 0.3) is 0 Å². The fourth-order valence-electron chi connectivity index (χ4n) is 1.87. The molecule has 1 N–H and O–H groups in total. The summed E-state index contributed by atoms with van der Waals surface area (Å²) in [5, 5.41) is 3.36. The zero-order valence-corrected chi connectivity index (χ0v) is 11.1. The second-order valence-electron chi connectivity index (χ2n) is 4.26. The van der Waals surface area contributed by atoms with Gasteiger partial charge in [0, 0.05) is 13.2 Å². The van der Waals surface area contributed by atoms with E-state index in [-0.39, 0.29) is 16.9 Å². The molecule has 0 saturated heterocycles. The fraction of sp³-hybridized carbons (Fsp3) is 0.308. The molecule has 1 aromatic heterocycles. The van der Waals surface area contributed by atoms with Crippen LogP contribution in [0.2, 0.25) is 5.02 Å². The highest BCUT2D eigenvalue weighted by molar-refractivity contribution is 6.30. The average Bonchev–Trinajstić information content (AvgIpc) is 2.77. The maximum absolute atomic E-state index is 13.1. The first kappa shape index (κ1) is 13.1. The normalized spacial score (nSPS) is 12.7. The van der Waals surface area contributed by atoms with E-state index in [2.05, 4.69) is 10.3 Å². The van der Waals surface area contributed by atoms with E-state index in [4.69, 9.17) is 11.6 Å². The van der Waals surface area contributed by atoms with Crippen LogP contribution in [0, 0.1) is 5.82 Å². The minimum absolute atomic E-state index is 0.0905. The smallest absolute Gasteiger partial charge is 0.141 e. The third-order valence-electron chi connectivity index (χ3n) is 2.85. The van der Waals surface area contributed by atoms with Gasteiger partial charge in [-0.3, -0.25) is 0 Å². The highest BCUT2D eigenvalue weighted by atomic mass is 35.5. The lowest BCUT2D eigenvalue weighted by Gasteiger charge is -2.14. The zero-order chi connectivity index (χ0) is 13.1. The summed E-state index contributed by atoms with van der Waals surface area (Å²) in [7, 11) is 3.81. The Morgan fingerprint density at radius 3 is 2.83 bits per heavy atom. The van der Waals surface area contributed by atoms with Crippen LogP contribution in [0.5, 0.6) is 0 Å². The number of imidazole rings is 1. The van der Waals surface area contributed by atoms with E-state index < -0.39 is 0 Å². The van der Waals surface area contributed by atoms with Crippen molar-refractivity contribution in [2.45, 2.75) is 12.5 Å². The molecule has 0 radical (unpaired) electrons. The Bertz CT molecular complexity index is 539. The van der Waals surface area contributed by atoms with Crippen LogP contribution in [-0.2, 0) is 13.5 Å². The first-order valence-corrected chi connectivity index (χ1v) is 6.07. The molecule has 0 aliphatic heterocycles. The number of hydrogen-bond acceptors (Lipinski definition) is 2. The molecule has 1 atom stereocenters. The fourth-order valence-corrected chi connectivity index (χ4v) is 2.07. The molecular weight excluding hydrogens is 253 g/mol. The van der Waals surface area contributed by atoms with Crippen molar-refractivity contribution in [2.24, 2.45) is 7.05 Å². The summed E-state index contributed by atoms with van der Waals surface area (Å²) in [6.07, 6.45) is 4.44. The first-order chi connectivity index (χ1) is 8.60. The van der Waals surface area contributed by atoms with Crippen molar-refractivity contribution in [1.29, 1.82) is 0 Å². The third-order valence-corrected chi connectivity index (χ3v) is 3.14. The minimum Gasteiger partial charge on any atom is -0.340 e. The van der Waals surface area contributed by atoms with Crippen LogP contribution in [0.1, 0.15) is 17.3 Å². The summed E-state index contributed by atoms with van der Waals surface area (Å²) in [4.78, 5) is 4.32. The second kappa shape index (κ2) is 5.50. The Morgan fingerprint density at radius 2 is 2.28 bits per heavy atom. The van der Waals surface area contributed by atoms with Crippen LogP contribution in [-0.4, -0.2) is 16.6 Å². The van der Waals surface area contributed by atoms with E-state index in [0.29, 0.717) is 6.42 Å². The molecule has 0 amide bonds. The Morgan fingerprint density at radius 1 is 1.50 bits per heavy atom. The quantitative estimate of drug-likeness (QED) is 0.923. The topological polar surface area (TPSA) is 29.9 Å². The number of aryl methyl sites for hydroxylation is 1. The molecule has 0 saturated carbocycles. The molecule has 5 heteroatoms. The maximum Gasteiger partial charge on any atom is 0.141 e. The van der Waals surface area contributed by atoms with Gasteiger partial charge in [-0.2, -0.15) is 0 Å². The van der Waals surface area contributed by atoms with Crippen LogP contribution >= 0.6 is 11.6 Å². The molecule has 1 aromatic carbocycles. The number of nitrogens with one attached hydrogen (secondary N) is 1. The van der Waals surface area contributed by atoms with Crippen molar-refractivity contribution < 1.29 is 4.39 Å². The molecule has 2 rings (SSSR count). The average molecular weight is 268 g/mol. The Labute approximate surface area is 111 Å². The molecule has 3 nitrogen and oxygen atoms in total. The van der Waals surface area contributed by atoms with Crippen molar-refractivity contribution in [3.05, 3.63) is 52.8 Å². The van der Waals surface area contributed by atoms with E-state index in [0.717, 1.165) is 11.3 Å². The van der Waals surface area contributed by atoms with Crippen molar-refractivity contribution >= 4 is 11.6 Å². The molecule has 2 aromatic rings. The number of likely N-dealkylation sites (N-methyl/N-ethyl adjacent to an activating group) is 1. The van der Waals surface area contributed by atoms with Crippen LogP contribution in [0.4, 0.5) is 4.39 Å². The summed E-state index contributed by atoms with van der Waals surface area (Å²) in [5.74, 6) is -0.390. The summed E-state index contributed by atoms with van der Waals surface area (Å²) >= 11 is 5.78. The van der Waals surface area contributed by atoms with Gasteiger partial charge in [0.1, 0.15) is 5.82 Å². The van der Waals surface area contributed by atoms with Gasteiger partial charge in [0.05, 0.1) is 23.1 Å². The van der Waals surface area contributed by atoms with Crippen molar-refractivity contribution in [3.8, 4) is 0 Å². The third kappa shape index (κ3) is 2.89.